The molecule has 1 heterocycles. The molecule has 0 aromatic carbocycles. The van der Waals surface area contributed by atoms with Gasteiger partial charge in [0.05, 0.1) is 6.10 Å². The Bertz CT molecular complexity index is 275. The number of Topliss-reactive ketones (excluding diaryl/α,β-unsaturated/α-hetero) is 1. The Morgan fingerprint density at radius 2 is 2.29 bits per heavy atom. The minimum absolute atomic E-state index is 0.427. The summed E-state index contributed by atoms with van der Waals surface area (Å²) >= 11 is 0. The molecule has 2 nitrogen and oxygen atoms in total. The lowest BCUT2D eigenvalue weighted by Gasteiger charge is -2.12. The first-order valence-electron chi connectivity index (χ1n) is 7.16. The van der Waals surface area contributed by atoms with E-state index in [-0.39, 0.29) is 0 Å². The van der Waals surface area contributed by atoms with Crippen molar-refractivity contribution in [3.63, 3.8) is 0 Å². The zero-order chi connectivity index (χ0) is 11.9. The molecule has 0 aromatic heterocycles. The molecule has 1 saturated heterocycles. The van der Waals surface area contributed by atoms with E-state index in [1.807, 2.05) is 0 Å². The number of ketones is 1. The average Bonchev–Trinajstić information content (AvgIpc) is 2.83. The van der Waals surface area contributed by atoms with Gasteiger partial charge in [-0.1, -0.05) is 11.6 Å². The standard InChI is InChI=1S/C15H24O2/c16-14(12-13-6-2-1-3-7-13)8-4-9-15-10-5-11-17-15/h6,15H,1-5,7-12H2. The Morgan fingerprint density at radius 3 is 3.00 bits per heavy atom. The van der Waals surface area contributed by atoms with E-state index in [0.29, 0.717) is 18.3 Å². The summed E-state index contributed by atoms with van der Waals surface area (Å²) in [6.45, 7) is 0.922. The zero-order valence-corrected chi connectivity index (χ0v) is 10.7. The molecule has 0 amide bonds. The summed E-state index contributed by atoms with van der Waals surface area (Å²) in [4.78, 5) is 11.8. The number of carbonyl (C=O) groups excluding carboxylic acids is 1. The van der Waals surface area contributed by atoms with Crippen molar-refractivity contribution in [2.24, 2.45) is 0 Å². The van der Waals surface area contributed by atoms with Gasteiger partial charge in [-0.15, -0.1) is 0 Å². The molecule has 2 heteroatoms. The molecule has 1 aliphatic carbocycles. The van der Waals surface area contributed by atoms with E-state index in [0.717, 1.165) is 32.3 Å². The number of ether oxygens (including phenoxy) is 1. The van der Waals surface area contributed by atoms with Crippen LogP contribution in [0.5, 0.6) is 0 Å². The average molecular weight is 236 g/mol. The van der Waals surface area contributed by atoms with Gasteiger partial charge in [0.2, 0.25) is 0 Å². The highest BCUT2D eigenvalue weighted by molar-refractivity contribution is 5.80. The SMILES string of the molecule is O=C(CCCC1CCCO1)CC1=CCCCC1. The van der Waals surface area contributed by atoms with Crippen molar-refractivity contribution < 1.29 is 9.53 Å². The summed E-state index contributed by atoms with van der Waals surface area (Å²) < 4.78 is 5.56. The third-order valence-electron chi connectivity index (χ3n) is 3.81. The van der Waals surface area contributed by atoms with E-state index in [2.05, 4.69) is 6.08 Å². The van der Waals surface area contributed by atoms with Crippen molar-refractivity contribution in [1.82, 2.24) is 0 Å². The van der Waals surface area contributed by atoms with Gasteiger partial charge in [-0.3, -0.25) is 4.79 Å². The van der Waals surface area contributed by atoms with Crippen LogP contribution in [0.2, 0.25) is 0 Å². The largest absolute Gasteiger partial charge is 0.378 e. The Kier molecular flexibility index (Phi) is 5.24. The van der Waals surface area contributed by atoms with Crippen molar-refractivity contribution in [3.05, 3.63) is 11.6 Å². The van der Waals surface area contributed by atoms with E-state index in [4.69, 9.17) is 4.74 Å². The van der Waals surface area contributed by atoms with Gasteiger partial charge in [0.25, 0.3) is 0 Å². The fourth-order valence-corrected chi connectivity index (χ4v) is 2.81. The third-order valence-corrected chi connectivity index (χ3v) is 3.81. The topological polar surface area (TPSA) is 26.3 Å². The summed E-state index contributed by atoms with van der Waals surface area (Å²) in [5.74, 6) is 0.427. The molecule has 0 aromatic rings. The molecule has 1 unspecified atom stereocenters. The van der Waals surface area contributed by atoms with Crippen LogP contribution in [0.4, 0.5) is 0 Å². The molecule has 2 rings (SSSR count). The van der Waals surface area contributed by atoms with E-state index in [1.165, 1.54) is 37.7 Å². The Labute approximate surface area is 104 Å². The number of allylic oxidation sites excluding steroid dienone is 2. The molecule has 1 aliphatic heterocycles. The zero-order valence-electron chi connectivity index (χ0n) is 10.7. The Balaban J connectivity index is 1.58. The Morgan fingerprint density at radius 1 is 1.35 bits per heavy atom. The highest BCUT2D eigenvalue weighted by atomic mass is 16.5. The van der Waals surface area contributed by atoms with Crippen LogP contribution in [0.3, 0.4) is 0 Å². The summed E-state index contributed by atoms with van der Waals surface area (Å²) in [5, 5.41) is 0. The molecule has 0 bridgehead atoms. The van der Waals surface area contributed by atoms with Crippen molar-refractivity contribution in [1.29, 1.82) is 0 Å². The maximum atomic E-state index is 11.8. The van der Waals surface area contributed by atoms with Crippen LogP contribution < -0.4 is 0 Å². The van der Waals surface area contributed by atoms with E-state index in [1.54, 1.807) is 0 Å². The molecule has 17 heavy (non-hydrogen) atoms. The monoisotopic (exact) mass is 236 g/mol. The summed E-state index contributed by atoms with van der Waals surface area (Å²) in [6, 6.07) is 0. The summed E-state index contributed by atoms with van der Waals surface area (Å²) in [7, 11) is 0. The molecule has 0 saturated carbocycles. The lowest BCUT2D eigenvalue weighted by Crippen LogP contribution is -2.07. The van der Waals surface area contributed by atoms with Crippen LogP contribution in [0.1, 0.15) is 64.2 Å². The third kappa shape index (κ3) is 4.63. The number of hydrogen-bond acceptors (Lipinski definition) is 2. The van der Waals surface area contributed by atoms with Gasteiger partial charge in [-0.05, 0) is 51.4 Å². The molecular formula is C15H24O2. The molecule has 0 N–H and O–H groups in total. The number of hydrogen-bond donors (Lipinski definition) is 0. The maximum Gasteiger partial charge on any atom is 0.136 e. The highest BCUT2D eigenvalue weighted by Gasteiger charge is 2.15. The van der Waals surface area contributed by atoms with Crippen LogP contribution in [0, 0.1) is 0 Å². The van der Waals surface area contributed by atoms with Gasteiger partial charge in [-0.25, -0.2) is 0 Å². The van der Waals surface area contributed by atoms with Crippen LogP contribution in [0.15, 0.2) is 11.6 Å². The van der Waals surface area contributed by atoms with Crippen molar-refractivity contribution in [3.8, 4) is 0 Å². The molecular weight excluding hydrogens is 212 g/mol. The molecule has 96 valence electrons. The molecule has 1 fully saturated rings. The van der Waals surface area contributed by atoms with Gasteiger partial charge < -0.3 is 4.74 Å². The van der Waals surface area contributed by atoms with Crippen LogP contribution in [-0.4, -0.2) is 18.5 Å². The van der Waals surface area contributed by atoms with Gasteiger partial charge in [-0.2, -0.15) is 0 Å². The fraction of sp³-hybridized carbons (Fsp3) is 0.800. The summed E-state index contributed by atoms with van der Waals surface area (Å²) in [5.41, 5.74) is 1.39. The molecule has 2 aliphatic rings. The first-order chi connectivity index (χ1) is 8.34. The lowest BCUT2D eigenvalue weighted by atomic mass is 9.94. The van der Waals surface area contributed by atoms with E-state index >= 15 is 0 Å². The minimum Gasteiger partial charge on any atom is -0.378 e. The van der Waals surface area contributed by atoms with Crippen LogP contribution in [0.25, 0.3) is 0 Å². The Hall–Kier alpha value is -0.630. The normalized spacial score (nSPS) is 24.7. The minimum atomic E-state index is 0.427. The van der Waals surface area contributed by atoms with Crippen LogP contribution >= 0.6 is 0 Å². The second-order valence-electron chi connectivity index (χ2n) is 5.35. The van der Waals surface area contributed by atoms with Gasteiger partial charge >= 0.3 is 0 Å². The number of rotatable bonds is 6. The first-order valence-corrected chi connectivity index (χ1v) is 7.16. The summed E-state index contributed by atoms with van der Waals surface area (Å²) in [6.07, 6.45) is 13.6. The first kappa shape index (κ1) is 12.8. The molecule has 0 spiro atoms. The van der Waals surface area contributed by atoms with Crippen LogP contribution in [-0.2, 0) is 9.53 Å². The molecule has 1 atom stereocenters. The van der Waals surface area contributed by atoms with Crippen molar-refractivity contribution in [2.75, 3.05) is 6.61 Å². The van der Waals surface area contributed by atoms with Gasteiger partial charge in [0, 0.05) is 19.4 Å². The lowest BCUT2D eigenvalue weighted by molar-refractivity contribution is -0.118. The fourth-order valence-electron chi connectivity index (χ4n) is 2.81. The van der Waals surface area contributed by atoms with Gasteiger partial charge in [0.1, 0.15) is 5.78 Å². The second-order valence-corrected chi connectivity index (χ2v) is 5.35. The van der Waals surface area contributed by atoms with Gasteiger partial charge in [0.15, 0.2) is 0 Å². The number of carbonyl (C=O) groups is 1. The van der Waals surface area contributed by atoms with E-state index < -0.39 is 0 Å². The maximum absolute atomic E-state index is 11.8. The van der Waals surface area contributed by atoms with Crippen molar-refractivity contribution >= 4 is 5.78 Å². The highest BCUT2D eigenvalue weighted by Crippen LogP contribution is 2.22. The quantitative estimate of drug-likeness (QED) is 0.656. The smallest absolute Gasteiger partial charge is 0.136 e. The predicted octanol–water partition coefficient (Wildman–Crippen LogP) is 3.80. The second kappa shape index (κ2) is 6.95. The predicted molar refractivity (Wildman–Crippen MR) is 69.0 cm³/mol. The van der Waals surface area contributed by atoms with Crippen molar-refractivity contribution in [2.45, 2.75) is 70.3 Å². The van der Waals surface area contributed by atoms with E-state index in [9.17, 15) is 4.79 Å². The molecule has 0 radical (unpaired) electrons.